The van der Waals surface area contributed by atoms with Gasteiger partial charge in [-0.1, -0.05) is 0 Å². The van der Waals surface area contributed by atoms with E-state index in [0.717, 1.165) is 19.5 Å². The predicted molar refractivity (Wildman–Crippen MR) is 78.6 cm³/mol. The van der Waals surface area contributed by atoms with Crippen LogP contribution in [0.25, 0.3) is 5.95 Å². The van der Waals surface area contributed by atoms with Gasteiger partial charge in [-0.2, -0.15) is 24.7 Å². The largest absolute Gasteiger partial charge is 0.357 e. The Hall–Kier alpha value is -2.29. The summed E-state index contributed by atoms with van der Waals surface area (Å²) in [6.45, 7) is 1.85. The van der Waals surface area contributed by atoms with E-state index in [1.54, 1.807) is 13.4 Å². The molecule has 0 aliphatic carbocycles. The Morgan fingerprint density at radius 3 is 2.67 bits per heavy atom. The second kappa shape index (κ2) is 5.60. The van der Waals surface area contributed by atoms with Crippen LogP contribution < -0.4 is 10.2 Å². The lowest BCUT2D eigenvalue weighted by atomic mass is 10.2. The summed E-state index contributed by atoms with van der Waals surface area (Å²) < 4.78 is 1.53. The third-order valence-electron chi connectivity index (χ3n) is 3.64. The van der Waals surface area contributed by atoms with Gasteiger partial charge < -0.3 is 15.1 Å². The maximum Gasteiger partial charge on any atom is 0.258 e. The van der Waals surface area contributed by atoms with Crippen molar-refractivity contribution >= 4 is 11.9 Å². The highest BCUT2D eigenvalue weighted by Crippen LogP contribution is 2.20. The number of hydrogen-bond donors (Lipinski definition) is 1. The summed E-state index contributed by atoms with van der Waals surface area (Å²) in [6.07, 6.45) is 4.14. The molecule has 3 rings (SSSR count). The van der Waals surface area contributed by atoms with Gasteiger partial charge in [-0.3, -0.25) is 0 Å². The molecule has 1 atom stereocenters. The van der Waals surface area contributed by atoms with Crippen LogP contribution in [0.5, 0.6) is 0 Å². The molecule has 0 bridgehead atoms. The zero-order valence-corrected chi connectivity index (χ0v) is 12.4. The first kappa shape index (κ1) is 13.7. The first-order valence-corrected chi connectivity index (χ1v) is 6.87. The fourth-order valence-corrected chi connectivity index (χ4v) is 2.37. The topological polar surface area (TPSA) is 87.9 Å². The molecule has 1 aliphatic heterocycles. The van der Waals surface area contributed by atoms with Gasteiger partial charge in [0.2, 0.25) is 11.9 Å². The van der Waals surface area contributed by atoms with Gasteiger partial charge in [0.05, 0.1) is 0 Å². The summed E-state index contributed by atoms with van der Waals surface area (Å²) in [6, 6.07) is 0.523. The lowest BCUT2D eigenvalue weighted by Gasteiger charge is -2.20. The van der Waals surface area contributed by atoms with Crippen LogP contribution in [0.3, 0.4) is 0 Å². The van der Waals surface area contributed by atoms with Crippen molar-refractivity contribution in [3.63, 3.8) is 0 Å². The molecule has 1 aliphatic rings. The van der Waals surface area contributed by atoms with E-state index in [1.165, 1.54) is 11.0 Å². The van der Waals surface area contributed by atoms with Crippen LogP contribution in [-0.4, -0.2) is 74.9 Å². The minimum absolute atomic E-state index is 0.468. The van der Waals surface area contributed by atoms with E-state index < -0.39 is 0 Å². The molecule has 0 aromatic carbocycles. The molecule has 0 saturated carbocycles. The zero-order valence-electron chi connectivity index (χ0n) is 12.4. The molecule has 0 amide bonds. The van der Waals surface area contributed by atoms with Gasteiger partial charge in [-0.05, 0) is 20.5 Å². The lowest BCUT2D eigenvalue weighted by Crippen LogP contribution is -2.32. The molecule has 21 heavy (non-hydrogen) atoms. The number of rotatable bonds is 4. The average Bonchev–Trinajstić information content (AvgIpc) is 3.18. The molecule has 9 nitrogen and oxygen atoms in total. The molecule has 2 aromatic rings. The van der Waals surface area contributed by atoms with Crippen LogP contribution in [0.1, 0.15) is 6.42 Å². The quantitative estimate of drug-likeness (QED) is 0.816. The van der Waals surface area contributed by atoms with E-state index >= 15 is 0 Å². The van der Waals surface area contributed by atoms with E-state index in [0.29, 0.717) is 23.9 Å². The standard InChI is InChI=1S/C12H19N9/c1-13-10-16-11(20-5-4-9(6-20)19(2)3)18-12(17-10)21-8-14-7-15-21/h7-9H,4-6H2,1-3H3,(H,13,16,17,18). The Morgan fingerprint density at radius 2 is 2.05 bits per heavy atom. The SMILES string of the molecule is CNc1nc(N2CCC(N(C)C)C2)nc(-n2cncn2)n1. The number of anilines is 2. The van der Waals surface area contributed by atoms with Crippen molar-refractivity contribution in [3.8, 4) is 5.95 Å². The van der Waals surface area contributed by atoms with Gasteiger partial charge in [-0.25, -0.2) is 4.98 Å². The predicted octanol–water partition coefficient (Wildman–Crippen LogP) is -0.366. The third-order valence-corrected chi connectivity index (χ3v) is 3.64. The monoisotopic (exact) mass is 289 g/mol. The Balaban J connectivity index is 1.90. The molecule has 1 N–H and O–H groups in total. The normalized spacial score (nSPS) is 18.5. The summed E-state index contributed by atoms with van der Waals surface area (Å²) in [5.74, 6) is 1.66. The van der Waals surface area contributed by atoms with Gasteiger partial charge in [0.1, 0.15) is 12.7 Å². The van der Waals surface area contributed by atoms with Crippen molar-refractivity contribution in [2.45, 2.75) is 12.5 Å². The number of nitrogens with zero attached hydrogens (tertiary/aromatic N) is 8. The summed E-state index contributed by atoms with van der Waals surface area (Å²) in [7, 11) is 5.99. The molecule has 1 fully saturated rings. The highest BCUT2D eigenvalue weighted by Gasteiger charge is 2.26. The van der Waals surface area contributed by atoms with Crippen molar-refractivity contribution in [1.29, 1.82) is 0 Å². The Kier molecular flexibility index (Phi) is 3.65. The van der Waals surface area contributed by atoms with Crippen molar-refractivity contribution in [3.05, 3.63) is 12.7 Å². The fourth-order valence-electron chi connectivity index (χ4n) is 2.37. The molecule has 2 aromatic heterocycles. The number of aromatic nitrogens is 6. The summed E-state index contributed by atoms with van der Waals surface area (Å²) >= 11 is 0. The van der Waals surface area contributed by atoms with Crippen LogP contribution in [0.15, 0.2) is 12.7 Å². The number of nitrogens with one attached hydrogen (secondary N) is 1. The molecule has 9 heteroatoms. The minimum Gasteiger partial charge on any atom is -0.357 e. The summed E-state index contributed by atoms with van der Waals surface area (Å²) in [5.41, 5.74) is 0. The highest BCUT2D eigenvalue weighted by atomic mass is 15.4. The van der Waals surface area contributed by atoms with E-state index in [4.69, 9.17) is 0 Å². The van der Waals surface area contributed by atoms with Crippen molar-refractivity contribution in [2.24, 2.45) is 0 Å². The summed E-state index contributed by atoms with van der Waals surface area (Å²) in [4.78, 5) is 21.6. The minimum atomic E-state index is 0.468. The van der Waals surface area contributed by atoms with Gasteiger partial charge in [0.25, 0.3) is 5.95 Å². The van der Waals surface area contributed by atoms with Crippen LogP contribution in [0, 0.1) is 0 Å². The van der Waals surface area contributed by atoms with Crippen LogP contribution in [0.4, 0.5) is 11.9 Å². The molecule has 1 saturated heterocycles. The zero-order chi connectivity index (χ0) is 14.8. The van der Waals surface area contributed by atoms with Gasteiger partial charge in [0.15, 0.2) is 0 Å². The molecule has 1 unspecified atom stereocenters. The first-order chi connectivity index (χ1) is 10.2. The molecular formula is C12H19N9. The maximum absolute atomic E-state index is 4.51. The lowest BCUT2D eigenvalue weighted by molar-refractivity contribution is 0.315. The van der Waals surface area contributed by atoms with E-state index in [-0.39, 0.29) is 0 Å². The molecule has 0 spiro atoms. The van der Waals surface area contributed by atoms with E-state index in [9.17, 15) is 0 Å². The first-order valence-electron chi connectivity index (χ1n) is 6.87. The van der Waals surface area contributed by atoms with Crippen LogP contribution in [0.2, 0.25) is 0 Å². The van der Waals surface area contributed by atoms with Crippen molar-refractivity contribution in [2.75, 3.05) is 44.4 Å². The Bertz CT molecular complexity index is 595. The van der Waals surface area contributed by atoms with E-state index in [1.807, 2.05) is 0 Å². The van der Waals surface area contributed by atoms with E-state index in [2.05, 4.69) is 54.2 Å². The molecule has 3 heterocycles. The molecule has 112 valence electrons. The second-order valence-corrected chi connectivity index (χ2v) is 5.20. The maximum atomic E-state index is 4.51. The number of likely N-dealkylation sites (N-methyl/N-ethyl adjacent to an activating group) is 1. The number of hydrogen-bond acceptors (Lipinski definition) is 8. The van der Waals surface area contributed by atoms with Gasteiger partial charge in [0, 0.05) is 26.2 Å². The molecular weight excluding hydrogens is 270 g/mol. The summed E-state index contributed by atoms with van der Waals surface area (Å²) in [5, 5.41) is 7.04. The fraction of sp³-hybridized carbons (Fsp3) is 0.583. The van der Waals surface area contributed by atoms with Crippen molar-refractivity contribution in [1.82, 2.24) is 34.6 Å². The molecule has 0 radical (unpaired) electrons. The average molecular weight is 289 g/mol. The highest BCUT2D eigenvalue weighted by molar-refractivity contribution is 5.40. The van der Waals surface area contributed by atoms with Crippen molar-refractivity contribution < 1.29 is 0 Å². The van der Waals surface area contributed by atoms with Gasteiger partial charge in [-0.15, -0.1) is 0 Å². The smallest absolute Gasteiger partial charge is 0.258 e. The Morgan fingerprint density at radius 1 is 1.24 bits per heavy atom. The third kappa shape index (κ3) is 2.77. The van der Waals surface area contributed by atoms with Gasteiger partial charge >= 0.3 is 0 Å². The Labute approximate surface area is 123 Å². The van der Waals surface area contributed by atoms with Crippen LogP contribution >= 0.6 is 0 Å². The second-order valence-electron chi connectivity index (χ2n) is 5.20. The van der Waals surface area contributed by atoms with Crippen LogP contribution in [-0.2, 0) is 0 Å².